The van der Waals surface area contributed by atoms with Crippen LogP contribution in [0.1, 0.15) is 168 Å². The molecule has 0 fully saturated rings. The van der Waals surface area contributed by atoms with Gasteiger partial charge in [-0.15, -0.1) is 0 Å². The number of hydrogen-bond donors (Lipinski definition) is 2. The summed E-state index contributed by atoms with van der Waals surface area (Å²) in [7, 11) is -4.39. The van der Waals surface area contributed by atoms with E-state index >= 15 is 0 Å². The summed E-state index contributed by atoms with van der Waals surface area (Å²) in [6.45, 7) is 3.61. The molecule has 0 radical (unpaired) electrons. The highest BCUT2D eigenvalue weighted by Crippen LogP contribution is 2.43. The second-order valence-corrected chi connectivity index (χ2v) is 14.9. The molecule has 10 heteroatoms. The summed E-state index contributed by atoms with van der Waals surface area (Å²) < 4.78 is 32.7. The standard InChI is InChI=1S/C43H76NO8P/c1-3-5-7-9-11-13-15-17-19-20-22-23-25-27-29-31-33-35-42(45)49-39-41(40-51-53(47,48)50-38-37-44)52-43(46)36-34-32-30-28-26-24-21-18-16-14-12-10-8-6-4-2/h11,13-14,16-17,19,22-23,27,29,41H,3-10,12,15,18,20-21,24-26,28,30-40,44H2,1-2H3,(H,47,48). The van der Waals surface area contributed by atoms with Gasteiger partial charge in [-0.25, -0.2) is 4.57 Å². The normalized spacial score (nSPS) is 14.0. The molecule has 0 bridgehead atoms. The van der Waals surface area contributed by atoms with Crippen molar-refractivity contribution in [3.05, 3.63) is 60.8 Å². The molecule has 0 amide bonds. The highest BCUT2D eigenvalue weighted by atomic mass is 31.2. The molecule has 3 N–H and O–H groups in total. The van der Waals surface area contributed by atoms with Gasteiger partial charge in [-0.2, -0.15) is 0 Å². The van der Waals surface area contributed by atoms with Crippen molar-refractivity contribution >= 4 is 19.8 Å². The molecule has 0 saturated carbocycles. The predicted molar refractivity (Wildman–Crippen MR) is 219 cm³/mol. The Morgan fingerprint density at radius 1 is 0.566 bits per heavy atom. The zero-order valence-electron chi connectivity index (χ0n) is 33.5. The first-order chi connectivity index (χ1) is 25.8. The highest BCUT2D eigenvalue weighted by molar-refractivity contribution is 7.47. The zero-order chi connectivity index (χ0) is 38.9. The fraction of sp³-hybridized carbons (Fsp3) is 0.721. The Kier molecular flexibility index (Phi) is 37.7. The Labute approximate surface area is 323 Å². The number of ether oxygens (including phenoxy) is 2. The number of unbranched alkanes of at least 4 members (excludes halogenated alkanes) is 15. The number of rotatable bonds is 38. The van der Waals surface area contributed by atoms with E-state index in [2.05, 4.69) is 68.5 Å². The monoisotopic (exact) mass is 766 g/mol. The second kappa shape index (κ2) is 39.4. The van der Waals surface area contributed by atoms with Gasteiger partial charge in [0.25, 0.3) is 0 Å². The van der Waals surface area contributed by atoms with Crippen LogP contribution in [0.3, 0.4) is 0 Å². The summed E-state index contributed by atoms with van der Waals surface area (Å²) in [4.78, 5) is 34.8. The van der Waals surface area contributed by atoms with Crippen LogP contribution in [0.15, 0.2) is 60.8 Å². The number of esters is 2. The van der Waals surface area contributed by atoms with Gasteiger partial charge >= 0.3 is 19.8 Å². The maximum Gasteiger partial charge on any atom is 0.472 e. The number of carbonyl (C=O) groups excluding carboxylic acids is 2. The van der Waals surface area contributed by atoms with Crippen molar-refractivity contribution in [1.82, 2.24) is 0 Å². The van der Waals surface area contributed by atoms with Crippen LogP contribution < -0.4 is 5.73 Å². The van der Waals surface area contributed by atoms with Crippen LogP contribution in [0.5, 0.6) is 0 Å². The van der Waals surface area contributed by atoms with E-state index in [0.29, 0.717) is 12.8 Å². The summed E-state index contributed by atoms with van der Waals surface area (Å²) in [5.74, 6) is -0.903. The lowest BCUT2D eigenvalue weighted by Gasteiger charge is -2.19. The lowest BCUT2D eigenvalue weighted by molar-refractivity contribution is -0.161. The minimum Gasteiger partial charge on any atom is -0.462 e. The molecule has 0 saturated heterocycles. The number of phosphoric ester groups is 1. The molecule has 0 aliphatic carbocycles. The first-order valence-corrected chi connectivity index (χ1v) is 22.3. The van der Waals surface area contributed by atoms with Gasteiger partial charge in [0.15, 0.2) is 6.10 Å². The van der Waals surface area contributed by atoms with Crippen LogP contribution in [-0.2, 0) is 32.7 Å². The number of carbonyl (C=O) groups is 2. The number of phosphoric acid groups is 1. The van der Waals surface area contributed by atoms with E-state index in [1.807, 2.05) is 6.08 Å². The zero-order valence-corrected chi connectivity index (χ0v) is 34.4. The van der Waals surface area contributed by atoms with E-state index in [1.165, 1.54) is 77.0 Å². The summed E-state index contributed by atoms with van der Waals surface area (Å²) in [5, 5.41) is 0. The molecule has 0 aromatic heterocycles. The van der Waals surface area contributed by atoms with Gasteiger partial charge < -0.3 is 20.1 Å². The molecule has 306 valence electrons. The molecule has 0 aromatic rings. The molecule has 53 heavy (non-hydrogen) atoms. The Hall–Kier alpha value is -2.29. The molecule has 0 heterocycles. The van der Waals surface area contributed by atoms with Gasteiger partial charge in [-0.3, -0.25) is 18.6 Å². The van der Waals surface area contributed by atoms with E-state index in [0.717, 1.165) is 51.4 Å². The van der Waals surface area contributed by atoms with Crippen LogP contribution in [0.4, 0.5) is 0 Å². The molecule has 0 rings (SSSR count). The summed E-state index contributed by atoms with van der Waals surface area (Å²) in [6.07, 6.45) is 45.4. The number of allylic oxidation sites excluding steroid dienone is 10. The quantitative estimate of drug-likeness (QED) is 0.0272. The maximum atomic E-state index is 12.6. The van der Waals surface area contributed by atoms with Crippen LogP contribution in [0.2, 0.25) is 0 Å². The van der Waals surface area contributed by atoms with E-state index < -0.39 is 32.5 Å². The molecular weight excluding hydrogens is 689 g/mol. The Morgan fingerprint density at radius 3 is 1.57 bits per heavy atom. The van der Waals surface area contributed by atoms with Gasteiger partial charge in [-0.05, 0) is 77.0 Å². The van der Waals surface area contributed by atoms with Gasteiger partial charge in [0.05, 0.1) is 13.2 Å². The predicted octanol–water partition coefficient (Wildman–Crippen LogP) is 11.7. The first-order valence-electron chi connectivity index (χ1n) is 20.8. The minimum atomic E-state index is -4.39. The molecule has 0 aromatic carbocycles. The summed E-state index contributed by atoms with van der Waals surface area (Å²) in [6, 6.07) is 0. The second-order valence-electron chi connectivity index (χ2n) is 13.5. The summed E-state index contributed by atoms with van der Waals surface area (Å²) >= 11 is 0. The number of nitrogens with two attached hydrogens (primary N) is 1. The fourth-order valence-corrected chi connectivity index (χ4v) is 6.03. The van der Waals surface area contributed by atoms with Crippen LogP contribution in [0.25, 0.3) is 0 Å². The van der Waals surface area contributed by atoms with Crippen LogP contribution in [-0.4, -0.2) is 49.3 Å². The Bertz CT molecular complexity index is 1050. The largest absolute Gasteiger partial charge is 0.472 e. The van der Waals surface area contributed by atoms with Gasteiger partial charge in [0.1, 0.15) is 6.61 Å². The average Bonchev–Trinajstić information content (AvgIpc) is 3.14. The Morgan fingerprint density at radius 2 is 1.00 bits per heavy atom. The van der Waals surface area contributed by atoms with Crippen LogP contribution >= 0.6 is 7.82 Å². The molecule has 0 spiro atoms. The van der Waals surface area contributed by atoms with Crippen molar-refractivity contribution in [3.8, 4) is 0 Å². The van der Waals surface area contributed by atoms with E-state index in [1.54, 1.807) is 0 Å². The highest BCUT2D eigenvalue weighted by Gasteiger charge is 2.25. The van der Waals surface area contributed by atoms with Gasteiger partial charge in [-0.1, -0.05) is 139 Å². The SMILES string of the molecule is CCCCCC=CCC=CCC=CCC=CCCCC(=O)OCC(COP(=O)(O)OCCN)OC(=O)CCCCCCCCCC=CCCCCCC. The third-order valence-corrected chi connectivity index (χ3v) is 9.36. The third-order valence-electron chi connectivity index (χ3n) is 8.38. The molecule has 2 unspecified atom stereocenters. The molecule has 0 aliphatic heterocycles. The van der Waals surface area contributed by atoms with E-state index in [-0.39, 0.29) is 32.6 Å². The van der Waals surface area contributed by atoms with E-state index in [4.69, 9.17) is 24.3 Å². The van der Waals surface area contributed by atoms with E-state index in [9.17, 15) is 19.0 Å². The molecule has 0 aliphatic rings. The lowest BCUT2D eigenvalue weighted by atomic mass is 10.1. The average molecular weight is 766 g/mol. The molecule has 9 nitrogen and oxygen atoms in total. The lowest BCUT2D eigenvalue weighted by Crippen LogP contribution is -2.29. The van der Waals surface area contributed by atoms with Crippen molar-refractivity contribution < 1.29 is 37.6 Å². The van der Waals surface area contributed by atoms with Crippen molar-refractivity contribution in [2.75, 3.05) is 26.4 Å². The summed E-state index contributed by atoms with van der Waals surface area (Å²) in [5.41, 5.74) is 5.34. The van der Waals surface area contributed by atoms with Gasteiger partial charge in [0, 0.05) is 19.4 Å². The third kappa shape index (κ3) is 39.2. The molecular formula is C43H76NO8P. The van der Waals surface area contributed by atoms with Crippen molar-refractivity contribution in [1.29, 1.82) is 0 Å². The Balaban J connectivity index is 4.29. The minimum absolute atomic E-state index is 0.0432. The van der Waals surface area contributed by atoms with Crippen molar-refractivity contribution in [2.24, 2.45) is 5.73 Å². The maximum absolute atomic E-state index is 12.6. The van der Waals surface area contributed by atoms with Crippen LogP contribution in [0, 0.1) is 0 Å². The van der Waals surface area contributed by atoms with Crippen molar-refractivity contribution in [3.63, 3.8) is 0 Å². The topological polar surface area (TPSA) is 134 Å². The van der Waals surface area contributed by atoms with Crippen molar-refractivity contribution in [2.45, 2.75) is 174 Å². The first kappa shape index (κ1) is 50.7. The van der Waals surface area contributed by atoms with Gasteiger partial charge in [0.2, 0.25) is 0 Å². The smallest absolute Gasteiger partial charge is 0.462 e. The fourth-order valence-electron chi connectivity index (χ4n) is 5.27. The molecule has 2 atom stereocenters. The number of hydrogen-bond acceptors (Lipinski definition) is 8.